The smallest absolute Gasteiger partial charge is 0.408 e. The normalized spacial score (nSPS) is 13.0. The standard InChI is InChI=1S/C32H34N6O4/c1-18(35-30(39)40)28-33-16-26(37-28)21-8-6-20(7-9-21)22-10-11-24-15-25(13-12-23(24)14-22)27-17-34-29(38-27)19(2)36-31(41)42-32(3,4)5/h6-19,35H,1-5H3,(H,33,37)(H,34,38)(H,36,41)(H,39,40)/t18-,19-/m0/s1. The third kappa shape index (κ3) is 6.60. The van der Waals surface area contributed by atoms with Crippen LogP contribution < -0.4 is 10.6 Å². The third-order valence-corrected chi connectivity index (χ3v) is 6.76. The number of fused-ring (bicyclic) bond motifs is 1. The Labute approximate surface area is 243 Å². The van der Waals surface area contributed by atoms with Crippen LogP contribution in [0.5, 0.6) is 0 Å². The first-order valence-corrected chi connectivity index (χ1v) is 13.7. The van der Waals surface area contributed by atoms with Gasteiger partial charge in [0.25, 0.3) is 0 Å². The zero-order valence-corrected chi connectivity index (χ0v) is 24.1. The third-order valence-electron chi connectivity index (χ3n) is 6.76. The molecule has 2 atom stereocenters. The fraction of sp³-hybridized carbons (Fsp3) is 0.250. The first kappa shape index (κ1) is 28.4. The molecule has 5 N–H and O–H groups in total. The van der Waals surface area contributed by atoms with Crippen LogP contribution >= 0.6 is 0 Å². The minimum absolute atomic E-state index is 0.337. The predicted molar refractivity (Wildman–Crippen MR) is 162 cm³/mol. The van der Waals surface area contributed by atoms with Crippen LogP contribution in [0.2, 0.25) is 0 Å². The molecule has 0 fully saturated rings. The van der Waals surface area contributed by atoms with Gasteiger partial charge in [0.1, 0.15) is 17.2 Å². The molecule has 0 saturated carbocycles. The first-order valence-electron chi connectivity index (χ1n) is 13.7. The van der Waals surface area contributed by atoms with E-state index in [-0.39, 0.29) is 6.04 Å². The molecule has 0 aliphatic rings. The summed E-state index contributed by atoms with van der Waals surface area (Å²) in [6.45, 7) is 9.07. The maximum absolute atomic E-state index is 12.1. The van der Waals surface area contributed by atoms with Gasteiger partial charge in [-0.2, -0.15) is 0 Å². The molecule has 0 aliphatic heterocycles. The molecule has 5 aromatic rings. The molecule has 5 rings (SSSR count). The second kappa shape index (κ2) is 11.4. The second-order valence-electron chi connectivity index (χ2n) is 11.3. The van der Waals surface area contributed by atoms with Crippen molar-refractivity contribution in [2.45, 2.75) is 52.3 Å². The number of carboxylic acid groups (broad SMARTS) is 1. The molecule has 3 aromatic carbocycles. The summed E-state index contributed by atoms with van der Waals surface area (Å²) in [5, 5.41) is 16.4. The zero-order valence-electron chi connectivity index (χ0n) is 24.1. The van der Waals surface area contributed by atoms with Gasteiger partial charge in [-0.05, 0) is 74.2 Å². The van der Waals surface area contributed by atoms with Crippen molar-refractivity contribution in [3.05, 3.63) is 84.7 Å². The van der Waals surface area contributed by atoms with E-state index in [0.29, 0.717) is 11.6 Å². The lowest BCUT2D eigenvalue weighted by molar-refractivity contribution is 0.0506. The van der Waals surface area contributed by atoms with Crippen molar-refractivity contribution in [1.29, 1.82) is 0 Å². The molecular weight excluding hydrogens is 532 g/mol. The lowest BCUT2D eigenvalue weighted by Crippen LogP contribution is -2.34. The molecule has 2 aromatic heterocycles. The highest BCUT2D eigenvalue weighted by atomic mass is 16.6. The van der Waals surface area contributed by atoms with Gasteiger partial charge in [-0.1, -0.05) is 48.5 Å². The Bertz CT molecular complexity index is 1730. The minimum atomic E-state index is -1.09. The van der Waals surface area contributed by atoms with Gasteiger partial charge in [-0.25, -0.2) is 19.6 Å². The average Bonchev–Trinajstić information content (AvgIpc) is 3.62. The molecule has 0 aliphatic carbocycles. The number of alkyl carbamates (subject to hydrolysis) is 1. The van der Waals surface area contributed by atoms with E-state index >= 15 is 0 Å². The summed E-state index contributed by atoms with van der Waals surface area (Å²) < 4.78 is 5.34. The SMILES string of the molecule is C[C@H](NC(=O)O)c1ncc(-c2ccc(-c3ccc4cc(-c5cnc([C@H](C)NC(=O)OC(C)(C)C)[nH]5)ccc4c3)cc2)[nH]1. The molecule has 10 heteroatoms. The Balaban J connectivity index is 1.29. The molecular formula is C32H34N6O4. The monoisotopic (exact) mass is 566 g/mol. The van der Waals surface area contributed by atoms with Crippen molar-refractivity contribution < 1.29 is 19.4 Å². The summed E-state index contributed by atoms with van der Waals surface area (Å²) in [5.41, 5.74) is 5.24. The minimum Gasteiger partial charge on any atom is -0.465 e. The Kier molecular flexibility index (Phi) is 7.71. The number of nitrogens with zero attached hydrogens (tertiary/aromatic N) is 2. The van der Waals surface area contributed by atoms with E-state index in [4.69, 9.17) is 9.84 Å². The molecule has 2 heterocycles. The topological polar surface area (TPSA) is 145 Å². The number of hydrogen-bond acceptors (Lipinski definition) is 5. The molecule has 0 saturated heterocycles. The quantitative estimate of drug-likeness (QED) is 0.141. The Morgan fingerprint density at radius 2 is 1.21 bits per heavy atom. The van der Waals surface area contributed by atoms with Gasteiger partial charge in [0, 0.05) is 5.56 Å². The number of aromatic amines is 2. The highest BCUT2D eigenvalue weighted by molar-refractivity contribution is 5.90. The van der Waals surface area contributed by atoms with Crippen LogP contribution in [0.25, 0.3) is 44.4 Å². The van der Waals surface area contributed by atoms with E-state index in [2.05, 4.69) is 79.1 Å². The van der Waals surface area contributed by atoms with Crippen molar-refractivity contribution >= 4 is 23.0 Å². The van der Waals surface area contributed by atoms with E-state index in [1.807, 2.05) is 39.8 Å². The van der Waals surface area contributed by atoms with E-state index in [1.165, 1.54) is 0 Å². The second-order valence-corrected chi connectivity index (χ2v) is 11.3. The van der Waals surface area contributed by atoms with Crippen LogP contribution in [0.4, 0.5) is 9.59 Å². The maximum atomic E-state index is 12.1. The number of rotatable bonds is 7. The summed E-state index contributed by atoms with van der Waals surface area (Å²) in [6.07, 6.45) is 1.90. The highest BCUT2D eigenvalue weighted by Gasteiger charge is 2.20. The van der Waals surface area contributed by atoms with Crippen LogP contribution in [0, 0.1) is 0 Å². The van der Waals surface area contributed by atoms with Gasteiger partial charge >= 0.3 is 12.2 Å². The van der Waals surface area contributed by atoms with Gasteiger partial charge in [-0.15, -0.1) is 0 Å². The Morgan fingerprint density at radius 1 is 0.738 bits per heavy atom. The lowest BCUT2D eigenvalue weighted by atomic mass is 9.98. The van der Waals surface area contributed by atoms with Crippen molar-refractivity contribution in [1.82, 2.24) is 30.6 Å². The molecule has 0 spiro atoms. The van der Waals surface area contributed by atoms with Gasteiger partial charge in [0.2, 0.25) is 0 Å². The van der Waals surface area contributed by atoms with E-state index < -0.39 is 23.8 Å². The summed E-state index contributed by atoms with van der Waals surface area (Å²) in [5.74, 6) is 1.20. The molecule has 216 valence electrons. The van der Waals surface area contributed by atoms with Crippen LogP contribution in [0.15, 0.2) is 73.1 Å². The number of ether oxygens (including phenoxy) is 1. The number of imidazole rings is 2. The zero-order chi connectivity index (χ0) is 30.0. The fourth-order valence-corrected chi connectivity index (χ4v) is 4.65. The maximum Gasteiger partial charge on any atom is 0.408 e. The van der Waals surface area contributed by atoms with E-state index in [0.717, 1.165) is 44.4 Å². The van der Waals surface area contributed by atoms with Gasteiger partial charge in [-0.3, -0.25) is 0 Å². The fourth-order valence-electron chi connectivity index (χ4n) is 4.65. The number of benzene rings is 3. The number of nitrogens with one attached hydrogen (secondary N) is 4. The predicted octanol–water partition coefficient (Wildman–Crippen LogP) is 7.20. The summed E-state index contributed by atoms with van der Waals surface area (Å²) in [4.78, 5) is 38.3. The van der Waals surface area contributed by atoms with Crippen LogP contribution in [0.3, 0.4) is 0 Å². The molecule has 2 amide bonds. The van der Waals surface area contributed by atoms with Crippen LogP contribution in [0.1, 0.15) is 58.4 Å². The number of amides is 2. The largest absolute Gasteiger partial charge is 0.465 e. The Morgan fingerprint density at radius 3 is 1.79 bits per heavy atom. The molecule has 10 nitrogen and oxygen atoms in total. The van der Waals surface area contributed by atoms with Crippen molar-refractivity contribution in [2.24, 2.45) is 0 Å². The van der Waals surface area contributed by atoms with Gasteiger partial charge in [0.05, 0.1) is 35.9 Å². The molecule has 0 unspecified atom stereocenters. The van der Waals surface area contributed by atoms with Crippen LogP contribution in [-0.4, -0.2) is 42.8 Å². The molecule has 0 bridgehead atoms. The first-order chi connectivity index (χ1) is 19.9. The summed E-state index contributed by atoms with van der Waals surface area (Å²) in [7, 11) is 0. The van der Waals surface area contributed by atoms with Crippen LogP contribution in [-0.2, 0) is 4.74 Å². The average molecular weight is 567 g/mol. The number of hydrogen-bond donors (Lipinski definition) is 5. The summed E-state index contributed by atoms with van der Waals surface area (Å²) >= 11 is 0. The highest BCUT2D eigenvalue weighted by Crippen LogP contribution is 2.30. The van der Waals surface area contributed by atoms with E-state index in [9.17, 15) is 9.59 Å². The summed E-state index contributed by atoms with van der Waals surface area (Å²) in [6, 6.07) is 20.0. The number of carbonyl (C=O) groups excluding carboxylic acids is 1. The van der Waals surface area contributed by atoms with Crippen molar-refractivity contribution in [3.8, 4) is 33.6 Å². The van der Waals surface area contributed by atoms with E-state index in [1.54, 1.807) is 19.3 Å². The number of aromatic nitrogens is 4. The van der Waals surface area contributed by atoms with Gasteiger partial charge < -0.3 is 30.4 Å². The molecule has 42 heavy (non-hydrogen) atoms. The van der Waals surface area contributed by atoms with Crippen molar-refractivity contribution in [2.75, 3.05) is 0 Å². The lowest BCUT2D eigenvalue weighted by Gasteiger charge is -2.21. The van der Waals surface area contributed by atoms with Gasteiger partial charge in [0.15, 0.2) is 0 Å². The number of H-pyrrole nitrogens is 2. The van der Waals surface area contributed by atoms with Crippen molar-refractivity contribution in [3.63, 3.8) is 0 Å². The number of carbonyl (C=O) groups is 2. The molecule has 0 radical (unpaired) electrons. The Hall–Kier alpha value is -5.12.